The number of nitrogens with zero attached hydrogens (tertiary/aromatic N) is 3. The molecule has 3 heterocycles. The second-order valence-electron chi connectivity index (χ2n) is 10.6. The van der Waals surface area contributed by atoms with Gasteiger partial charge in [0.25, 0.3) is 17.4 Å². The molecule has 2 aromatic carbocycles. The molecule has 234 valence electrons. The van der Waals surface area contributed by atoms with Crippen LogP contribution in [-0.2, 0) is 6.54 Å². The van der Waals surface area contributed by atoms with E-state index in [0.717, 1.165) is 0 Å². The van der Waals surface area contributed by atoms with Crippen molar-refractivity contribution in [2.75, 3.05) is 30.3 Å². The summed E-state index contributed by atoms with van der Waals surface area (Å²) >= 11 is 5.84. The third kappa shape index (κ3) is 7.70. The Kier molecular flexibility index (Phi) is 9.54. The molecule has 1 fully saturated rings. The van der Waals surface area contributed by atoms with Gasteiger partial charge in [0.1, 0.15) is 11.6 Å². The Balaban J connectivity index is 1.25. The Morgan fingerprint density at radius 2 is 1.67 bits per heavy atom. The van der Waals surface area contributed by atoms with Gasteiger partial charge >= 0.3 is 6.18 Å². The summed E-state index contributed by atoms with van der Waals surface area (Å²) in [5, 5.41) is 16.0. The van der Waals surface area contributed by atoms with Gasteiger partial charge in [-0.1, -0.05) is 29.8 Å². The molecule has 9 nitrogen and oxygen atoms in total. The zero-order valence-electron chi connectivity index (χ0n) is 23.9. The molecule has 0 saturated carbocycles. The summed E-state index contributed by atoms with van der Waals surface area (Å²) in [4.78, 5) is 45.2. The van der Waals surface area contributed by atoms with Gasteiger partial charge in [-0.05, 0) is 80.0 Å². The van der Waals surface area contributed by atoms with Gasteiger partial charge in [-0.15, -0.1) is 0 Å². The molecule has 0 radical (unpaired) electrons. The highest BCUT2D eigenvalue weighted by atomic mass is 35.5. The maximum atomic E-state index is 13.2. The molecule has 3 N–H and O–H groups in total. The largest absolute Gasteiger partial charge is 0.506 e. The molecule has 13 heteroatoms. The van der Waals surface area contributed by atoms with Crippen molar-refractivity contribution in [1.29, 1.82) is 0 Å². The molecular formula is C32H29ClF3N5O4. The quantitative estimate of drug-likeness (QED) is 0.202. The van der Waals surface area contributed by atoms with Crippen LogP contribution < -0.4 is 16.2 Å². The zero-order chi connectivity index (χ0) is 32.1. The Morgan fingerprint density at radius 1 is 0.933 bits per heavy atom. The Bertz CT molecular complexity index is 1740. The molecule has 2 amide bonds. The average Bonchev–Trinajstić information content (AvgIpc) is 3.02. The lowest BCUT2D eigenvalue weighted by Gasteiger charge is -2.32. The number of phenols is 1. The molecule has 1 aliphatic heterocycles. The van der Waals surface area contributed by atoms with Crippen molar-refractivity contribution in [2.24, 2.45) is 5.92 Å². The van der Waals surface area contributed by atoms with Crippen LogP contribution in [0.25, 0.3) is 11.1 Å². The molecule has 5 rings (SSSR count). The van der Waals surface area contributed by atoms with Crippen LogP contribution in [0.1, 0.15) is 33.6 Å². The fourth-order valence-electron chi connectivity index (χ4n) is 5.15. The number of hydrogen-bond donors (Lipinski definition) is 3. The third-order valence-corrected chi connectivity index (χ3v) is 7.90. The summed E-state index contributed by atoms with van der Waals surface area (Å²) in [6, 6.07) is 16.9. The fourth-order valence-corrected chi connectivity index (χ4v) is 5.26. The number of halogens is 4. The number of nitrogens with one attached hydrogen (secondary N) is 2. The number of carbonyl (C=O) groups is 2. The highest BCUT2D eigenvalue weighted by Crippen LogP contribution is 2.34. The van der Waals surface area contributed by atoms with E-state index in [-0.39, 0.29) is 46.8 Å². The molecule has 1 saturated heterocycles. The van der Waals surface area contributed by atoms with Crippen LogP contribution in [-0.4, -0.2) is 57.2 Å². The van der Waals surface area contributed by atoms with Crippen molar-refractivity contribution in [3.63, 3.8) is 0 Å². The Morgan fingerprint density at radius 3 is 2.33 bits per heavy atom. The van der Waals surface area contributed by atoms with E-state index in [2.05, 4.69) is 15.6 Å². The van der Waals surface area contributed by atoms with E-state index < -0.39 is 23.9 Å². The van der Waals surface area contributed by atoms with Gasteiger partial charge in [0.15, 0.2) is 0 Å². The monoisotopic (exact) mass is 639 g/mol. The standard InChI is InChI=1S/C32H29ClF3N5O4/c33-23-10-11-27(37-19-23)38-30(44)25-3-1-5-26(42)28(25)39-29(43)21-8-6-20(7-9-21)24-4-2-14-41(31(24)45)18-17-40-15-12-22(13-16-40)32(34,35)36/h1-11,14,19,22,42H,12-13,15-18H2,(H,39,43)(H,37,38,44). The Hall–Kier alpha value is -4.68. The third-order valence-electron chi connectivity index (χ3n) is 7.68. The van der Waals surface area contributed by atoms with Crippen molar-refractivity contribution in [2.45, 2.75) is 25.6 Å². The highest BCUT2D eigenvalue weighted by Gasteiger charge is 2.40. The van der Waals surface area contributed by atoms with E-state index in [4.69, 9.17) is 11.6 Å². The number of alkyl halides is 3. The highest BCUT2D eigenvalue weighted by molar-refractivity contribution is 6.30. The van der Waals surface area contributed by atoms with Crippen LogP contribution in [0, 0.1) is 5.92 Å². The molecule has 0 aliphatic carbocycles. The van der Waals surface area contributed by atoms with Crippen LogP contribution in [0.15, 0.2) is 83.9 Å². The summed E-state index contributed by atoms with van der Waals surface area (Å²) in [7, 11) is 0. The number of amides is 2. The average molecular weight is 640 g/mol. The van der Waals surface area contributed by atoms with Crippen molar-refractivity contribution < 1.29 is 27.9 Å². The number of carbonyl (C=O) groups excluding carboxylic acids is 2. The minimum absolute atomic E-state index is 0.00581. The van der Waals surface area contributed by atoms with Gasteiger partial charge < -0.3 is 25.2 Å². The molecule has 0 spiro atoms. The Labute approximate surface area is 261 Å². The topological polar surface area (TPSA) is 117 Å². The van der Waals surface area contributed by atoms with Crippen molar-refractivity contribution in [3.05, 3.63) is 106 Å². The number of aromatic nitrogens is 2. The SMILES string of the molecule is O=C(Nc1c(O)cccc1C(=O)Nc1ccc(Cl)cn1)c1ccc(-c2cccn(CCN3CCC(C(F)(F)F)CC3)c2=O)cc1. The zero-order valence-corrected chi connectivity index (χ0v) is 24.6. The number of para-hydroxylation sites is 1. The van der Waals surface area contributed by atoms with E-state index in [1.54, 1.807) is 36.5 Å². The van der Waals surface area contributed by atoms with Gasteiger partial charge in [-0.3, -0.25) is 14.4 Å². The summed E-state index contributed by atoms with van der Waals surface area (Å²) in [6.07, 6.45) is -1.06. The maximum absolute atomic E-state index is 13.2. The van der Waals surface area contributed by atoms with Crippen LogP contribution in [0.2, 0.25) is 5.02 Å². The molecule has 0 unspecified atom stereocenters. The molecule has 4 aromatic rings. The van der Waals surface area contributed by atoms with Crippen LogP contribution in [0.4, 0.5) is 24.7 Å². The number of anilines is 2. The van der Waals surface area contributed by atoms with Gasteiger partial charge in [0.2, 0.25) is 0 Å². The van der Waals surface area contributed by atoms with E-state index >= 15 is 0 Å². The number of likely N-dealkylation sites (tertiary alicyclic amines) is 1. The minimum atomic E-state index is -4.17. The van der Waals surface area contributed by atoms with E-state index in [1.807, 2.05) is 4.90 Å². The van der Waals surface area contributed by atoms with E-state index in [9.17, 15) is 32.7 Å². The summed E-state index contributed by atoms with van der Waals surface area (Å²) < 4.78 is 40.4. The summed E-state index contributed by atoms with van der Waals surface area (Å²) in [5.41, 5.74) is 0.828. The summed E-state index contributed by atoms with van der Waals surface area (Å²) in [5.74, 6) is -2.57. The number of aromatic hydroxyl groups is 1. The normalized spacial score (nSPS) is 14.2. The molecule has 2 aromatic heterocycles. The number of pyridine rings is 2. The first-order valence-corrected chi connectivity index (χ1v) is 14.5. The maximum Gasteiger partial charge on any atom is 0.391 e. The predicted octanol–water partition coefficient (Wildman–Crippen LogP) is 6.05. The molecule has 1 aliphatic rings. The van der Waals surface area contributed by atoms with Crippen LogP contribution in [0.5, 0.6) is 5.75 Å². The lowest BCUT2D eigenvalue weighted by atomic mass is 9.96. The van der Waals surface area contributed by atoms with E-state index in [0.29, 0.717) is 42.3 Å². The number of benzene rings is 2. The lowest BCUT2D eigenvalue weighted by molar-refractivity contribution is -0.185. The number of phenolic OH excluding ortho intramolecular Hbond substituents is 1. The van der Waals surface area contributed by atoms with Crippen molar-refractivity contribution in [1.82, 2.24) is 14.5 Å². The number of piperidine rings is 1. The van der Waals surface area contributed by atoms with Gasteiger partial charge in [0, 0.05) is 36.6 Å². The number of rotatable bonds is 8. The van der Waals surface area contributed by atoms with Gasteiger partial charge in [-0.25, -0.2) is 4.98 Å². The lowest BCUT2D eigenvalue weighted by Crippen LogP contribution is -2.41. The summed E-state index contributed by atoms with van der Waals surface area (Å²) in [6.45, 7) is 1.44. The van der Waals surface area contributed by atoms with Crippen molar-refractivity contribution in [3.8, 4) is 16.9 Å². The second kappa shape index (κ2) is 13.5. The fraction of sp³-hybridized carbons (Fsp3) is 0.250. The first-order valence-electron chi connectivity index (χ1n) is 14.1. The molecule has 45 heavy (non-hydrogen) atoms. The van der Waals surface area contributed by atoms with Crippen molar-refractivity contribution >= 4 is 34.9 Å². The van der Waals surface area contributed by atoms with Gasteiger partial charge in [-0.2, -0.15) is 13.2 Å². The smallest absolute Gasteiger partial charge is 0.391 e. The van der Waals surface area contributed by atoms with E-state index in [1.165, 1.54) is 47.2 Å². The second-order valence-corrected chi connectivity index (χ2v) is 11.1. The number of hydrogen-bond acceptors (Lipinski definition) is 6. The van der Waals surface area contributed by atoms with Crippen LogP contribution in [0.3, 0.4) is 0 Å². The molecule has 0 bridgehead atoms. The van der Waals surface area contributed by atoms with Gasteiger partial charge in [0.05, 0.1) is 22.2 Å². The first-order chi connectivity index (χ1) is 21.5. The molecule has 0 atom stereocenters. The first kappa shape index (κ1) is 31.7. The minimum Gasteiger partial charge on any atom is -0.506 e. The molecular weight excluding hydrogens is 611 g/mol. The predicted molar refractivity (Wildman–Crippen MR) is 165 cm³/mol. The van der Waals surface area contributed by atoms with Crippen LogP contribution >= 0.6 is 11.6 Å².